The van der Waals surface area contributed by atoms with E-state index in [0.29, 0.717) is 6.10 Å². The Hall–Kier alpha value is -1.07. The van der Waals surface area contributed by atoms with Crippen molar-refractivity contribution in [3.63, 3.8) is 0 Å². The molecule has 5 heteroatoms. The number of nitrogens with zero attached hydrogens (tertiary/aromatic N) is 1. The van der Waals surface area contributed by atoms with Gasteiger partial charge < -0.3 is 9.84 Å². The second-order valence-corrected chi connectivity index (χ2v) is 6.76. The molecule has 1 atom stereocenters. The van der Waals surface area contributed by atoms with Crippen molar-refractivity contribution in [2.45, 2.75) is 55.1 Å². The largest absolute Gasteiger partial charge is 0.477 e. The van der Waals surface area contributed by atoms with Crippen LogP contribution in [0.25, 0.3) is 0 Å². The zero-order valence-corrected chi connectivity index (χ0v) is 12.2. The number of thioether (sulfide) groups is 1. The third-order valence-electron chi connectivity index (χ3n) is 4.24. The van der Waals surface area contributed by atoms with Crippen molar-refractivity contribution in [2.24, 2.45) is 0 Å². The van der Waals surface area contributed by atoms with Gasteiger partial charge >= 0.3 is 5.97 Å². The molecule has 0 radical (unpaired) electrons. The van der Waals surface area contributed by atoms with E-state index in [4.69, 9.17) is 9.84 Å². The van der Waals surface area contributed by atoms with Gasteiger partial charge in [0, 0.05) is 16.8 Å². The Bertz CT molecular complexity index is 500. The number of rotatable bonds is 4. The number of carboxylic acids is 1. The maximum atomic E-state index is 10.9. The molecule has 1 aliphatic carbocycles. The maximum Gasteiger partial charge on any atom is 0.354 e. The van der Waals surface area contributed by atoms with Crippen LogP contribution in [-0.4, -0.2) is 33.5 Å². The first-order valence-corrected chi connectivity index (χ1v) is 8.15. The molecule has 1 unspecified atom stereocenters. The van der Waals surface area contributed by atoms with Crippen LogP contribution in [0.15, 0.2) is 23.2 Å². The first-order valence-electron chi connectivity index (χ1n) is 7.17. The van der Waals surface area contributed by atoms with Crippen LogP contribution in [0.1, 0.15) is 49.0 Å². The van der Waals surface area contributed by atoms with E-state index in [2.05, 4.69) is 4.98 Å². The van der Waals surface area contributed by atoms with Crippen LogP contribution in [-0.2, 0) is 4.74 Å². The predicted molar refractivity (Wildman–Crippen MR) is 77.2 cm³/mol. The fourth-order valence-electron chi connectivity index (χ4n) is 3.21. The monoisotopic (exact) mass is 293 g/mol. The molecule has 1 saturated carbocycles. The summed E-state index contributed by atoms with van der Waals surface area (Å²) >= 11 is 1.66. The molecule has 4 nitrogen and oxygen atoms in total. The maximum absolute atomic E-state index is 10.9. The third kappa shape index (κ3) is 2.99. The number of carbonyl (C=O) groups is 1. The Morgan fingerprint density at radius 1 is 1.45 bits per heavy atom. The number of aromatic nitrogens is 1. The quantitative estimate of drug-likeness (QED) is 0.863. The van der Waals surface area contributed by atoms with E-state index in [0.717, 1.165) is 17.1 Å². The lowest BCUT2D eigenvalue weighted by molar-refractivity contribution is -0.0267. The summed E-state index contributed by atoms with van der Waals surface area (Å²) < 4.78 is 6.26. The molecule has 1 aliphatic heterocycles. The molecule has 2 heterocycles. The van der Waals surface area contributed by atoms with E-state index in [-0.39, 0.29) is 11.3 Å². The first-order chi connectivity index (χ1) is 9.67. The fourth-order valence-corrected chi connectivity index (χ4v) is 4.17. The molecular formula is C15H19NO3S. The van der Waals surface area contributed by atoms with Crippen molar-refractivity contribution >= 4 is 17.7 Å². The van der Waals surface area contributed by atoms with E-state index >= 15 is 0 Å². The number of carboxylic acid groups (broad SMARTS) is 1. The fraction of sp³-hybridized carbons (Fsp3) is 0.600. The molecule has 0 bridgehead atoms. The lowest BCUT2D eigenvalue weighted by atomic mass is 9.98. The van der Waals surface area contributed by atoms with Crippen molar-refractivity contribution in [3.05, 3.63) is 24.0 Å². The molecule has 1 aromatic rings. The Kier molecular flexibility index (Phi) is 3.98. The summed E-state index contributed by atoms with van der Waals surface area (Å²) in [5, 5.41) is 8.93. The molecule has 108 valence electrons. The smallest absolute Gasteiger partial charge is 0.354 e. The van der Waals surface area contributed by atoms with Gasteiger partial charge in [0.15, 0.2) is 0 Å². The Morgan fingerprint density at radius 3 is 3.00 bits per heavy atom. The molecule has 1 N–H and O–H groups in total. The molecule has 1 spiro atoms. The summed E-state index contributed by atoms with van der Waals surface area (Å²) in [7, 11) is 0. The SMILES string of the molecule is O=C(O)c1cc(SCC2CCC3(CCCC3)O2)ccn1. The minimum absolute atomic E-state index is 0.106. The van der Waals surface area contributed by atoms with Crippen molar-refractivity contribution in [1.29, 1.82) is 0 Å². The van der Waals surface area contributed by atoms with Crippen LogP contribution in [0, 0.1) is 0 Å². The van der Waals surface area contributed by atoms with Crippen LogP contribution in [0.3, 0.4) is 0 Å². The van der Waals surface area contributed by atoms with E-state index < -0.39 is 5.97 Å². The highest BCUT2D eigenvalue weighted by molar-refractivity contribution is 7.99. The summed E-state index contributed by atoms with van der Waals surface area (Å²) in [6, 6.07) is 3.49. The minimum Gasteiger partial charge on any atom is -0.477 e. The summed E-state index contributed by atoms with van der Waals surface area (Å²) in [6.07, 6.45) is 9.20. The van der Waals surface area contributed by atoms with Crippen molar-refractivity contribution in [3.8, 4) is 0 Å². The van der Waals surface area contributed by atoms with Crippen molar-refractivity contribution in [2.75, 3.05) is 5.75 Å². The van der Waals surface area contributed by atoms with E-state index in [9.17, 15) is 4.79 Å². The van der Waals surface area contributed by atoms with Gasteiger partial charge in [-0.25, -0.2) is 9.78 Å². The molecule has 2 aliphatic rings. The molecule has 1 saturated heterocycles. The topological polar surface area (TPSA) is 59.4 Å². The Balaban J connectivity index is 1.55. The average molecular weight is 293 g/mol. The normalized spacial score (nSPS) is 24.3. The van der Waals surface area contributed by atoms with Gasteiger partial charge in [-0.05, 0) is 37.8 Å². The summed E-state index contributed by atoms with van der Waals surface area (Å²) in [5.74, 6) is -0.0837. The zero-order valence-electron chi connectivity index (χ0n) is 11.4. The molecule has 1 aromatic heterocycles. The number of ether oxygens (including phenoxy) is 1. The van der Waals surface area contributed by atoms with E-state index in [1.165, 1.54) is 32.1 Å². The second-order valence-electron chi connectivity index (χ2n) is 5.66. The summed E-state index contributed by atoms with van der Waals surface area (Å²) in [6.45, 7) is 0. The van der Waals surface area contributed by atoms with Gasteiger partial charge in [-0.3, -0.25) is 0 Å². The molecule has 0 aromatic carbocycles. The predicted octanol–water partition coefficient (Wildman–Crippen LogP) is 3.36. The van der Waals surface area contributed by atoms with Gasteiger partial charge in [0.05, 0.1) is 11.7 Å². The van der Waals surface area contributed by atoms with Gasteiger partial charge in [0.2, 0.25) is 0 Å². The zero-order chi connectivity index (χ0) is 14.0. The average Bonchev–Trinajstić information content (AvgIpc) is 3.08. The number of aromatic carboxylic acids is 1. The lowest BCUT2D eigenvalue weighted by Crippen LogP contribution is -2.25. The standard InChI is InChI=1S/C15H19NO3S/c17-14(18)13-9-12(4-8-16-13)20-10-11-3-7-15(19-11)5-1-2-6-15/h4,8-9,11H,1-3,5-7,10H2,(H,17,18). The van der Waals surface area contributed by atoms with Crippen LogP contribution in [0.5, 0.6) is 0 Å². The lowest BCUT2D eigenvalue weighted by Gasteiger charge is -2.23. The van der Waals surface area contributed by atoms with Gasteiger partial charge in [-0.15, -0.1) is 11.8 Å². The highest BCUT2D eigenvalue weighted by atomic mass is 32.2. The number of hydrogen-bond donors (Lipinski definition) is 1. The Labute approximate surface area is 122 Å². The Morgan fingerprint density at radius 2 is 2.25 bits per heavy atom. The molecule has 2 fully saturated rings. The van der Waals surface area contributed by atoms with Crippen LogP contribution in [0.2, 0.25) is 0 Å². The van der Waals surface area contributed by atoms with Crippen molar-refractivity contribution < 1.29 is 14.6 Å². The van der Waals surface area contributed by atoms with E-state index in [1.54, 1.807) is 24.0 Å². The van der Waals surface area contributed by atoms with E-state index in [1.807, 2.05) is 6.07 Å². The third-order valence-corrected chi connectivity index (χ3v) is 5.37. The minimum atomic E-state index is -0.977. The highest BCUT2D eigenvalue weighted by Gasteiger charge is 2.41. The van der Waals surface area contributed by atoms with Crippen LogP contribution >= 0.6 is 11.8 Å². The molecule has 20 heavy (non-hydrogen) atoms. The highest BCUT2D eigenvalue weighted by Crippen LogP contribution is 2.44. The van der Waals surface area contributed by atoms with Gasteiger partial charge in [-0.1, -0.05) is 12.8 Å². The van der Waals surface area contributed by atoms with Crippen LogP contribution in [0.4, 0.5) is 0 Å². The second kappa shape index (κ2) is 5.74. The first kappa shape index (κ1) is 13.9. The van der Waals surface area contributed by atoms with Gasteiger partial charge in [0.25, 0.3) is 0 Å². The summed E-state index contributed by atoms with van der Waals surface area (Å²) in [5.41, 5.74) is 0.282. The molecular weight excluding hydrogens is 274 g/mol. The van der Waals surface area contributed by atoms with Gasteiger partial charge in [-0.2, -0.15) is 0 Å². The number of pyridine rings is 1. The molecule has 0 amide bonds. The van der Waals surface area contributed by atoms with Gasteiger partial charge in [0.1, 0.15) is 5.69 Å². The number of hydrogen-bond acceptors (Lipinski definition) is 4. The van der Waals surface area contributed by atoms with Crippen LogP contribution < -0.4 is 0 Å². The summed E-state index contributed by atoms with van der Waals surface area (Å²) in [4.78, 5) is 15.7. The molecule has 3 rings (SSSR count). The van der Waals surface area contributed by atoms with Crippen molar-refractivity contribution in [1.82, 2.24) is 4.98 Å².